The lowest BCUT2D eigenvalue weighted by Crippen LogP contribution is -2.12. The number of anilines is 1. The van der Waals surface area contributed by atoms with E-state index in [-0.39, 0.29) is 11.3 Å². The van der Waals surface area contributed by atoms with Crippen molar-refractivity contribution < 1.29 is 13.6 Å². The van der Waals surface area contributed by atoms with Gasteiger partial charge in [-0.1, -0.05) is 12.1 Å². The number of aromatic nitrogens is 3. The molecule has 0 saturated carbocycles. The average molecular weight is 354 g/mol. The van der Waals surface area contributed by atoms with E-state index >= 15 is 0 Å². The molecule has 0 aliphatic heterocycles. The quantitative estimate of drug-likeness (QED) is 0.520. The number of benzene rings is 2. The van der Waals surface area contributed by atoms with Crippen molar-refractivity contribution in [1.82, 2.24) is 14.8 Å². The highest BCUT2D eigenvalue weighted by molar-refractivity contribution is 6.27. The molecule has 1 aromatic heterocycles. The first-order chi connectivity index (χ1) is 12.5. The molecule has 26 heavy (non-hydrogen) atoms. The van der Waals surface area contributed by atoms with Gasteiger partial charge in [0.25, 0.3) is 0 Å². The van der Waals surface area contributed by atoms with Crippen molar-refractivity contribution in [1.29, 1.82) is 0 Å². The van der Waals surface area contributed by atoms with Crippen LogP contribution in [0.3, 0.4) is 0 Å². The van der Waals surface area contributed by atoms with Crippen molar-refractivity contribution in [2.75, 3.05) is 19.0 Å². The molecule has 0 aliphatic rings. The monoisotopic (exact) mass is 354 g/mol. The minimum absolute atomic E-state index is 0.102. The van der Waals surface area contributed by atoms with Gasteiger partial charge in [-0.2, -0.15) is 5.10 Å². The fraction of sp³-hybridized carbons (Fsp3) is 0.105. The summed E-state index contributed by atoms with van der Waals surface area (Å²) in [6, 6.07) is 10.3. The lowest BCUT2D eigenvalue weighted by atomic mass is 10.0. The predicted octanol–water partition coefficient (Wildman–Crippen LogP) is 3.50. The highest BCUT2D eigenvalue weighted by Crippen LogP contribution is 2.21. The van der Waals surface area contributed by atoms with Gasteiger partial charge >= 0.3 is 0 Å². The summed E-state index contributed by atoms with van der Waals surface area (Å²) in [5.41, 5.74) is 1.60. The normalized spacial score (nSPS) is 11.5. The van der Waals surface area contributed by atoms with Crippen LogP contribution in [-0.4, -0.2) is 34.6 Å². The molecule has 132 valence electrons. The summed E-state index contributed by atoms with van der Waals surface area (Å²) in [4.78, 5) is 18.6. The zero-order valence-electron chi connectivity index (χ0n) is 14.2. The smallest absolute Gasteiger partial charge is 0.214 e. The van der Waals surface area contributed by atoms with Gasteiger partial charge in [0.2, 0.25) is 5.78 Å². The number of allylic oxidation sites excluding steroid dienone is 1. The molecule has 0 unspecified atom stereocenters. The minimum atomic E-state index is -0.927. The second-order valence-corrected chi connectivity index (χ2v) is 5.81. The lowest BCUT2D eigenvalue weighted by molar-refractivity contribution is 0.104. The Balaban J connectivity index is 2.04. The summed E-state index contributed by atoms with van der Waals surface area (Å²) >= 11 is 0. The van der Waals surface area contributed by atoms with E-state index < -0.39 is 17.4 Å². The van der Waals surface area contributed by atoms with Crippen LogP contribution in [0.5, 0.6) is 0 Å². The van der Waals surface area contributed by atoms with E-state index in [0.29, 0.717) is 6.07 Å². The maximum atomic E-state index is 14.0. The third kappa shape index (κ3) is 3.66. The van der Waals surface area contributed by atoms with Gasteiger partial charge in [-0.25, -0.2) is 18.4 Å². The van der Waals surface area contributed by atoms with Crippen LogP contribution in [0.2, 0.25) is 0 Å². The molecule has 0 radical (unpaired) electrons. The van der Waals surface area contributed by atoms with Crippen LogP contribution in [-0.2, 0) is 0 Å². The highest BCUT2D eigenvalue weighted by atomic mass is 19.1. The molecule has 0 aliphatic carbocycles. The fourth-order valence-electron chi connectivity index (χ4n) is 2.41. The SMILES string of the molecule is CN(C)c1ccc(/C=C(/C(=O)c2ccc(F)cc2F)n2cncn2)cc1. The Kier molecular flexibility index (Phi) is 4.88. The van der Waals surface area contributed by atoms with E-state index in [9.17, 15) is 13.6 Å². The van der Waals surface area contributed by atoms with Gasteiger partial charge in [0, 0.05) is 25.8 Å². The molecule has 3 aromatic rings. The zero-order valence-corrected chi connectivity index (χ0v) is 14.2. The summed E-state index contributed by atoms with van der Waals surface area (Å²) in [5, 5.41) is 3.96. The molecular weight excluding hydrogens is 338 g/mol. The molecule has 0 N–H and O–H groups in total. The molecule has 3 rings (SSSR count). The maximum absolute atomic E-state index is 14.0. The number of hydrogen-bond acceptors (Lipinski definition) is 4. The second kappa shape index (κ2) is 7.26. The molecular formula is C19H16F2N4O. The fourth-order valence-corrected chi connectivity index (χ4v) is 2.41. The van der Waals surface area contributed by atoms with Gasteiger partial charge < -0.3 is 4.90 Å². The Morgan fingerprint density at radius 3 is 2.42 bits per heavy atom. The first-order valence-electron chi connectivity index (χ1n) is 7.79. The van der Waals surface area contributed by atoms with Crippen molar-refractivity contribution in [3.8, 4) is 0 Å². The van der Waals surface area contributed by atoms with E-state index in [1.54, 1.807) is 6.08 Å². The third-order valence-electron chi connectivity index (χ3n) is 3.79. The molecule has 7 heteroatoms. The summed E-state index contributed by atoms with van der Waals surface area (Å²) in [6.45, 7) is 0. The topological polar surface area (TPSA) is 51.0 Å². The average Bonchev–Trinajstić information content (AvgIpc) is 3.14. The van der Waals surface area contributed by atoms with Crippen molar-refractivity contribution in [3.05, 3.63) is 77.9 Å². The van der Waals surface area contributed by atoms with Crippen molar-refractivity contribution in [2.45, 2.75) is 0 Å². The van der Waals surface area contributed by atoms with E-state index in [1.807, 2.05) is 43.3 Å². The van der Waals surface area contributed by atoms with Gasteiger partial charge in [-0.3, -0.25) is 4.79 Å². The van der Waals surface area contributed by atoms with Gasteiger partial charge in [0.15, 0.2) is 0 Å². The Bertz CT molecular complexity index is 948. The number of Topliss-reactive ketones (excluding diaryl/α,β-unsaturated/α-hetero) is 1. The van der Waals surface area contributed by atoms with Crippen LogP contribution in [0, 0.1) is 11.6 Å². The number of carbonyl (C=O) groups is 1. The van der Waals surface area contributed by atoms with Crippen molar-refractivity contribution in [3.63, 3.8) is 0 Å². The van der Waals surface area contributed by atoms with Crippen LogP contribution in [0.15, 0.2) is 55.1 Å². The summed E-state index contributed by atoms with van der Waals surface area (Å²) in [6.07, 6.45) is 4.20. The second-order valence-electron chi connectivity index (χ2n) is 5.81. The van der Waals surface area contributed by atoms with Crippen LogP contribution in [0.1, 0.15) is 15.9 Å². The number of halogens is 2. The first kappa shape index (κ1) is 17.5. The van der Waals surface area contributed by atoms with Crippen LogP contribution in [0.4, 0.5) is 14.5 Å². The molecule has 0 amide bonds. The van der Waals surface area contributed by atoms with Crippen LogP contribution < -0.4 is 4.90 Å². The van der Waals surface area contributed by atoms with E-state index in [0.717, 1.165) is 23.4 Å². The van der Waals surface area contributed by atoms with E-state index in [4.69, 9.17) is 0 Å². The Morgan fingerprint density at radius 2 is 1.85 bits per heavy atom. The first-order valence-corrected chi connectivity index (χ1v) is 7.79. The van der Waals surface area contributed by atoms with Gasteiger partial charge in [0.05, 0.1) is 5.56 Å². The Hall–Kier alpha value is -3.35. The molecule has 1 heterocycles. The highest BCUT2D eigenvalue weighted by Gasteiger charge is 2.19. The number of ketones is 1. The number of nitrogens with zero attached hydrogens (tertiary/aromatic N) is 4. The largest absolute Gasteiger partial charge is 0.378 e. The van der Waals surface area contributed by atoms with Gasteiger partial charge in [0.1, 0.15) is 30.0 Å². The molecule has 0 fully saturated rings. The van der Waals surface area contributed by atoms with Crippen LogP contribution >= 0.6 is 0 Å². The summed E-state index contributed by atoms with van der Waals surface area (Å²) < 4.78 is 28.4. The van der Waals surface area contributed by atoms with Crippen LogP contribution in [0.25, 0.3) is 11.8 Å². The van der Waals surface area contributed by atoms with E-state index in [2.05, 4.69) is 10.1 Å². The number of carbonyl (C=O) groups excluding carboxylic acids is 1. The molecule has 2 aromatic carbocycles. The Labute approximate surface area is 149 Å². The van der Waals surface area contributed by atoms with Crippen molar-refractivity contribution >= 4 is 23.2 Å². The van der Waals surface area contributed by atoms with Gasteiger partial charge in [-0.15, -0.1) is 0 Å². The number of rotatable bonds is 5. The molecule has 0 bridgehead atoms. The maximum Gasteiger partial charge on any atom is 0.214 e. The molecule has 0 spiro atoms. The minimum Gasteiger partial charge on any atom is -0.378 e. The lowest BCUT2D eigenvalue weighted by Gasteiger charge is -2.12. The summed E-state index contributed by atoms with van der Waals surface area (Å²) in [5.74, 6) is -2.29. The number of hydrogen-bond donors (Lipinski definition) is 0. The van der Waals surface area contributed by atoms with Crippen molar-refractivity contribution in [2.24, 2.45) is 0 Å². The third-order valence-corrected chi connectivity index (χ3v) is 3.79. The molecule has 0 atom stereocenters. The summed E-state index contributed by atoms with van der Waals surface area (Å²) in [7, 11) is 3.85. The molecule has 5 nitrogen and oxygen atoms in total. The van der Waals surface area contributed by atoms with E-state index in [1.165, 1.54) is 17.3 Å². The molecule has 0 saturated heterocycles. The zero-order chi connectivity index (χ0) is 18.7. The van der Waals surface area contributed by atoms with Gasteiger partial charge in [-0.05, 0) is 35.9 Å². The Morgan fingerprint density at radius 1 is 1.12 bits per heavy atom. The standard InChI is InChI=1S/C19H16F2N4O/c1-24(2)15-6-3-13(4-7-15)9-18(25-12-22-11-23-25)19(26)16-8-5-14(20)10-17(16)21/h3-12H,1-2H3/b18-9-. The predicted molar refractivity (Wildman–Crippen MR) is 95.6 cm³/mol.